The highest BCUT2D eigenvalue weighted by Crippen LogP contribution is 1.95. The zero-order valence-electron chi connectivity index (χ0n) is 2.70. The van der Waals surface area contributed by atoms with Gasteiger partial charge in [-0.1, -0.05) is 4.74 Å². The Labute approximate surface area is 32.7 Å². The molecular formula is C2H2F3O+. The average molecular weight is 99.0 g/mol. The molecule has 0 saturated heterocycles. The molecule has 0 N–H and O–H groups in total. The van der Waals surface area contributed by atoms with E-state index in [4.69, 9.17) is 0 Å². The molecule has 0 spiro atoms. The molecule has 0 aliphatic heterocycles. The normalized spacial score (nSPS) is 9.33. The molecular weight excluding hydrogens is 97.0 g/mol. The van der Waals surface area contributed by atoms with Crippen molar-refractivity contribution < 1.29 is 17.9 Å². The van der Waals surface area contributed by atoms with Crippen LogP contribution < -0.4 is 0 Å². The third-order valence-electron chi connectivity index (χ3n) is 0.154. The molecule has 0 atom stereocenters. The van der Waals surface area contributed by atoms with Crippen LogP contribution in [0.1, 0.15) is 0 Å². The standard InChI is InChI=1S/C2H2F3O/c3-1-6-2(4)5/h1-2H/q+1. The average Bonchev–Trinajstić information content (AvgIpc) is 1.35. The molecule has 0 fully saturated rings. The second kappa shape index (κ2) is 2.84. The zero-order chi connectivity index (χ0) is 4.99. The monoisotopic (exact) mass is 99.0 g/mol. The molecule has 36 valence electrons. The SMILES string of the molecule is F[CH+]OC(F)F. The zero-order valence-corrected chi connectivity index (χ0v) is 2.70. The van der Waals surface area contributed by atoms with Gasteiger partial charge in [0, 0.05) is 4.39 Å². The molecule has 0 heterocycles. The van der Waals surface area contributed by atoms with E-state index in [1.54, 1.807) is 0 Å². The van der Waals surface area contributed by atoms with Gasteiger partial charge in [0.1, 0.15) is 0 Å². The number of halogens is 3. The van der Waals surface area contributed by atoms with Gasteiger partial charge in [0.2, 0.25) is 0 Å². The summed E-state index contributed by atoms with van der Waals surface area (Å²) in [6.07, 6.45) is 0. The van der Waals surface area contributed by atoms with Gasteiger partial charge in [-0.25, -0.2) is 0 Å². The quantitative estimate of drug-likeness (QED) is 0.474. The summed E-state index contributed by atoms with van der Waals surface area (Å²) in [7, 11) is 0. The molecule has 0 aromatic carbocycles. The summed E-state index contributed by atoms with van der Waals surface area (Å²) in [6, 6.07) is 0. The van der Waals surface area contributed by atoms with Crippen molar-refractivity contribution in [1.29, 1.82) is 0 Å². The highest BCUT2D eigenvalue weighted by atomic mass is 19.3. The summed E-state index contributed by atoms with van der Waals surface area (Å²) in [6.45, 7) is -3.58. The fraction of sp³-hybridized carbons (Fsp3) is 0.500. The van der Waals surface area contributed by atoms with Gasteiger partial charge in [0.25, 0.3) is 0 Å². The lowest BCUT2D eigenvalue weighted by Crippen LogP contribution is -1.90. The van der Waals surface area contributed by atoms with Crippen LogP contribution in [0.25, 0.3) is 0 Å². The van der Waals surface area contributed by atoms with Crippen molar-refractivity contribution in [3.8, 4) is 0 Å². The van der Waals surface area contributed by atoms with Crippen molar-refractivity contribution >= 4 is 0 Å². The van der Waals surface area contributed by atoms with Crippen LogP contribution >= 0.6 is 0 Å². The van der Waals surface area contributed by atoms with E-state index in [0.29, 0.717) is 0 Å². The van der Waals surface area contributed by atoms with Gasteiger partial charge in [-0.3, -0.25) is 0 Å². The highest BCUT2D eigenvalue weighted by molar-refractivity contribution is 4.15. The number of hydrogen-bond acceptors (Lipinski definition) is 1. The van der Waals surface area contributed by atoms with Crippen molar-refractivity contribution in [1.82, 2.24) is 0 Å². The maximum absolute atomic E-state index is 10.5. The minimum atomic E-state index is -3.03. The van der Waals surface area contributed by atoms with Crippen LogP contribution in [0.5, 0.6) is 0 Å². The lowest BCUT2D eigenvalue weighted by Gasteiger charge is -1.77. The van der Waals surface area contributed by atoms with E-state index in [1.165, 1.54) is 0 Å². The molecule has 0 aliphatic rings. The summed E-state index contributed by atoms with van der Waals surface area (Å²) in [5, 5.41) is 0. The van der Waals surface area contributed by atoms with Gasteiger partial charge in [-0.2, -0.15) is 8.78 Å². The number of rotatable bonds is 2. The molecule has 0 aliphatic carbocycles. The van der Waals surface area contributed by atoms with Gasteiger partial charge in [0.05, 0.1) is 0 Å². The van der Waals surface area contributed by atoms with Gasteiger partial charge in [0.15, 0.2) is 0 Å². The maximum atomic E-state index is 10.5. The molecule has 6 heavy (non-hydrogen) atoms. The van der Waals surface area contributed by atoms with Crippen molar-refractivity contribution in [2.45, 2.75) is 6.61 Å². The molecule has 1 nitrogen and oxygen atoms in total. The maximum Gasteiger partial charge on any atom is 0.444 e. The third kappa shape index (κ3) is 3.62. The molecule has 4 heteroatoms. The smallest absolute Gasteiger partial charge is 0.174 e. The lowest BCUT2D eigenvalue weighted by atomic mass is 11.4. The number of alkyl halides is 2. The third-order valence-corrected chi connectivity index (χ3v) is 0.154. The topological polar surface area (TPSA) is 9.23 Å². The van der Waals surface area contributed by atoms with Crippen LogP contribution in [0.15, 0.2) is 0 Å². The minimum Gasteiger partial charge on any atom is -0.174 e. The molecule has 0 bridgehead atoms. The predicted molar refractivity (Wildman–Crippen MR) is 12.5 cm³/mol. The van der Waals surface area contributed by atoms with Crippen LogP contribution in [0, 0.1) is 6.86 Å². The highest BCUT2D eigenvalue weighted by Gasteiger charge is 2.07. The second-order valence-electron chi connectivity index (χ2n) is 0.486. The summed E-state index contributed by atoms with van der Waals surface area (Å²) in [5.41, 5.74) is 0. The first-order valence-corrected chi connectivity index (χ1v) is 1.13. The van der Waals surface area contributed by atoms with Crippen LogP contribution in [0.2, 0.25) is 0 Å². The van der Waals surface area contributed by atoms with E-state index in [-0.39, 0.29) is 0 Å². The van der Waals surface area contributed by atoms with E-state index in [2.05, 4.69) is 4.74 Å². The Morgan fingerprint density at radius 2 is 2.00 bits per heavy atom. The first kappa shape index (κ1) is 5.62. The van der Waals surface area contributed by atoms with Crippen LogP contribution in [0.3, 0.4) is 0 Å². The van der Waals surface area contributed by atoms with Crippen LogP contribution in [-0.2, 0) is 4.74 Å². The Morgan fingerprint density at radius 1 is 1.50 bits per heavy atom. The van der Waals surface area contributed by atoms with Crippen molar-refractivity contribution in [3.63, 3.8) is 0 Å². The molecule has 0 saturated carbocycles. The molecule has 0 radical (unpaired) electrons. The summed E-state index contributed by atoms with van der Waals surface area (Å²) in [5.74, 6) is 0. The molecule has 0 aromatic heterocycles. The van der Waals surface area contributed by atoms with Crippen LogP contribution in [-0.4, -0.2) is 6.61 Å². The van der Waals surface area contributed by atoms with E-state index in [0.717, 1.165) is 0 Å². The Bertz CT molecular complexity index is 30.0. The predicted octanol–water partition coefficient (Wildman–Crippen LogP) is 1.31. The largest absolute Gasteiger partial charge is 0.444 e. The molecule has 0 aromatic rings. The summed E-state index contributed by atoms with van der Waals surface area (Å²) in [4.78, 5) is 0. The summed E-state index contributed by atoms with van der Waals surface area (Å²) >= 11 is 0. The van der Waals surface area contributed by atoms with Gasteiger partial charge < -0.3 is 0 Å². The Morgan fingerprint density at radius 3 is 2.00 bits per heavy atom. The molecule has 0 unspecified atom stereocenters. The minimum absolute atomic E-state index is 0.551. The first-order valence-electron chi connectivity index (χ1n) is 1.13. The lowest BCUT2D eigenvalue weighted by molar-refractivity contribution is -0.120. The Hall–Kier alpha value is -0.380. The van der Waals surface area contributed by atoms with E-state index in [1.807, 2.05) is 0 Å². The van der Waals surface area contributed by atoms with Crippen LogP contribution in [0.4, 0.5) is 13.2 Å². The Kier molecular flexibility index (Phi) is 2.66. The first-order chi connectivity index (χ1) is 2.77. The van der Waals surface area contributed by atoms with Gasteiger partial charge in [-0.05, 0) is 0 Å². The molecule has 0 amide bonds. The van der Waals surface area contributed by atoms with Crippen molar-refractivity contribution in [2.75, 3.05) is 0 Å². The van der Waals surface area contributed by atoms with E-state index >= 15 is 0 Å². The van der Waals surface area contributed by atoms with Gasteiger partial charge >= 0.3 is 13.5 Å². The van der Waals surface area contributed by atoms with E-state index in [9.17, 15) is 13.2 Å². The fourth-order valence-electron chi connectivity index (χ4n) is 0.0389. The number of ether oxygens (including phenoxy) is 1. The Balaban J connectivity index is 2.63. The summed E-state index contributed by atoms with van der Waals surface area (Å²) < 4.78 is 34.4. The van der Waals surface area contributed by atoms with Gasteiger partial charge in [-0.15, -0.1) is 0 Å². The van der Waals surface area contributed by atoms with Crippen molar-refractivity contribution in [3.05, 3.63) is 6.86 Å². The van der Waals surface area contributed by atoms with E-state index < -0.39 is 13.5 Å². The second-order valence-corrected chi connectivity index (χ2v) is 0.486. The van der Waals surface area contributed by atoms with Crippen molar-refractivity contribution in [2.24, 2.45) is 0 Å². The fourth-order valence-corrected chi connectivity index (χ4v) is 0.0389. The number of hydrogen-bond donors (Lipinski definition) is 0. The molecule has 0 rings (SSSR count).